The lowest BCUT2D eigenvalue weighted by Gasteiger charge is -2.10. The summed E-state index contributed by atoms with van der Waals surface area (Å²) in [6.07, 6.45) is 0. The van der Waals surface area contributed by atoms with E-state index in [2.05, 4.69) is 5.32 Å². The minimum absolute atomic E-state index is 0.105. The maximum absolute atomic E-state index is 12.5. The van der Waals surface area contributed by atoms with Gasteiger partial charge >= 0.3 is 0 Å². The van der Waals surface area contributed by atoms with Crippen LogP contribution in [0.3, 0.4) is 0 Å². The quantitative estimate of drug-likeness (QED) is 0.687. The Balaban J connectivity index is 1.87. The standard InChI is InChI=1S/C18H12ClNO2S/c19-13-9-7-12(8-10-13)18(22)20-15-5-2-1-4-14(15)17(21)16-6-3-11-23-16/h1-11H,(H,20,22). The Labute approximate surface area is 142 Å². The second kappa shape index (κ2) is 6.77. The number of thiophene rings is 1. The van der Waals surface area contributed by atoms with E-state index in [1.54, 1.807) is 54.6 Å². The van der Waals surface area contributed by atoms with Crippen molar-refractivity contribution in [3.05, 3.63) is 87.1 Å². The van der Waals surface area contributed by atoms with Crippen LogP contribution in [0.4, 0.5) is 5.69 Å². The monoisotopic (exact) mass is 341 g/mol. The van der Waals surface area contributed by atoms with Crippen LogP contribution in [0, 0.1) is 0 Å². The molecule has 5 heteroatoms. The van der Waals surface area contributed by atoms with Crippen molar-refractivity contribution in [1.29, 1.82) is 0 Å². The first kappa shape index (κ1) is 15.5. The van der Waals surface area contributed by atoms with Crippen LogP contribution < -0.4 is 5.32 Å². The van der Waals surface area contributed by atoms with Gasteiger partial charge in [0.2, 0.25) is 5.78 Å². The van der Waals surface area contributed by atoms with Crippen molar-refractivity contribution in [2.45, 2.75) is 0 Å². The number of rotatable bonds is 4. The Morgan fingerprint density at radius 2 is 1.65 bits per heavy atom. The fourth-order valence-corrected chi connectivity index (χ4v) is 2.93. The molecule has 3 aromatic rings. The third-order valence-corrected chi connectivity index (χ3v) is 4.39. The summed E-state index contributed by atoms with van der Waals surface area (Å²) in [4.78, 5) is 25.5. The average molecular weight is 342 g/mol. The highest BCUT2D eigenvalue weighted by Crippen LogP contribution is 2.22. The summed E-state index contributed by atoms with van der Waals surface area (Å²) in [7, 11) is 0. The highest BCUT2D eigenvalue weighted by atomic mass is 35.5. The van der Waals surface area contributed by atoms with E-state index in [4.69, 9.17) is 11.6 Å². The average Bonchev–Trinajstić information content (AvgIpc) is 3.10. The zero-order chi connectivity index (χ0) is 16.2. The van der Waals surface area contributed by atoms with Gasteiger partial charge in [-0.1, -0.05) is 29.8 Å². The van der Waals surface area contributed by atoms with Crippen molar-refractivity contribution in [3.63, 3.8) is 0 Å². The van der Waals surface area contributed by atoms with Crippen LogP contribution in [0.1, 0.15) is 25.6 Å². The van der Waals surface area contributed by atoms with E-state index in [0.717, 1.165) is 0 Å². The zero-order valence-corrected chi connectivity index (χ0v) is 13.5. The molecule has 0 aliphatic rings. The van der Waals surface area contributed by atoms with Crippen molar-refractivity contribution < 1.29 is 9.59 Å². The molecule has 2 aromatic carbocycles. The van der Waals surface area contributed by atoms with Gasteiger partial charge in [0.15, 0.2) is 0 Å². The molecule has 0 atom stereocenters. The van der Waals surface area contributed by atoms with Gasteiger partial charge < -0.3 is 5.32 Å². The molecule has 0 unspecified atom stereocenters. The highest BCUT2D eigenvalue weighted by Gasteiger charge is 2.16. The van der Waals surface area contributed by atoms with Crippen LogP contribution in [0.2, 0.25) is 5.02 Å². The Hall–Kier alpha value is -2.43. The molecule has 0 aliphatic heterocycles. The van der Waals surface area contributed by atoms with E-state index >= 15 is 0 Å². The Bertz CT molecular complexity index is 842. The molecule has 3 rings (SSSR count). The summed E-state index contributed by atoms with van der Waals surface area (Å²) in [5.74, 6) is -0.389. The van der Waals surface area contributed by atoms with Gasteiger partial charge in [0.05, 0.1) is 10.6 Å². The number of nitrogens with one attached hydrogen (secondary N) is 1. The maximum Gasteiger partial charge on any atom is 0.255 e. The summed E-state index contributed by atoms with van der Waals surface area (Å²) in [6.45, 7) is 0. The minimum atomic E-state index is -0.284. The molecule has 0 saturated heterocycles. The number of benzene rings is 2. The second-order valence-electron chi connectivity index (χ2n) is 4.81. The van der Waals surface area contributed by atoms with Gasteiger partial charge in [0, 0.05) is 16.1 Å². The van der Waals surface area contributed by atoms with Gasteiger partial charge in [-0.15, -0.1) is 11.3 Å². The largest absolute Gasteiger partial charge is 0.321 e. The van der Waals surface area contributed by atoms with Crippen molar-refractivity contribution in [2.24, 2.45) is 0 Å². The molecule has 1 aromatic heterocycles. The summed E-state index contributed by atoms with van der Waals surface area (Å²) in [5.41, 5.74) is 1.44. The topological polar surface area (TPSA) is 46.2 Å². The van der Waals surface area contributed by atoms with Crippen molar-refractivity contribution in [3.8, 4) is 0 Å². The lowest BCUT2D eigenvalue weighted by Crippen LogP contribution is -2.14. The van der Waals surface area contributed by atoms with Crippen LogP contribution in [0.15, 0.2) is 66.0 Å². The van der Waals surface area contributed by atoms with E-state index in [0.29, 0.717) is 26.7 Å². The van der Waals surface area contributed by atoms with Gasteiger partial charge in [0.25, 0.3) is 5.91 Å². The number of carbonyl (C=O) groups is 2. The lowest BCUT2D eigenvalue weighted by atomic mass is 10.1. The fraction of sp³-hybridized carbons (Fsp3) is 0. The van der Waals surface area contributed by atoms with Crippen LogP contribution in [0.5, 0.6) is 0 Å². The van der Waals surface area contributed by atoms with Crippen molar-refractivity contribution >= 4 is 40.3 Å². The van der Waals surface area contributed by atoms with Gasteiger partial charge in [-0.25, -0.2) is 0 Å². The molecule has 0 radical (unpaired) electrons. The van der Waals surface area contributed by atoms with E-state index in [1.807, 2.05) is 11.4 Å². The molecular formula is C18H12ClNO2S. The summed E-state index contributed by atoms with van der Waals surface area (Å²) < 4.78 is 0. The number of hydrogen-bond acceptors (Lipinski definition) is 3. The predicted molar refractivity (Wildman–Crippen MR) is 93.6 cm³/mol. The Kier molecular flexibility index (Phi) is 4.55. The number of halogens is 1. The zero-order valence-electron chi connectivity index (χ0n) is 12.0. The number of para-hydroxylation sites is 1. The normalized spacial score (nSPS) is 10.3. The third kappa shape index (κ3) is 3.50. The number of ketones is 1. The molecule has 0 bridgehead atoms. The maximum atomic E-state index is 12.5. The minimum Gasteiger partial charge on any atom is -0.321 e. The van der Waals surface area contributed by atoms with Crippen LogP contribution in [-0.4, -0.2) is 11.7 Å². The first-order valence-corrected chi connectivity index (χ1v) is 8.15. The number of amides is 1. The first-order chi connectivity index (χ1) is 11.1. The van der Waals surface area contributed by atoms with Gasteiger partial charge in [0.1, 0.15) is 0 Å². The van der Waals surface area contributed by atoms with E-state index in [9.17, 15) is 9.59 Å². The summed E-state index contributed by atoms with van der Waals surface area (Å²) in [5, 5.41) is 5.20. The molecule has 0 spiro atoms. The predicted octanol–water partition coefficient (Wildman–Crippen LogP) is 4.88. The Morgan fingerprint density at radius 1 is 0.913 bits per heavy atom. The first-order valence-electron chi connectivity index (χ1n) is 6.89. The molecule has 114 valence electrons. The number of hydrogen-bond donors (Lipinski definition) is 1. The molecule has 3 nitrogen and oxygen atoms in total. The van der Waals surface area contributed by atoms with Crippen molar-refractivity contribution in [2.75, 3.05) is 5.32 Å². The number of carbonyl (C=O) groups excluding carboxylic acids is 2. The molecule has 0 aliphatic carbocycles. The van der Waals surface area contributed by atoms with Crippen LogP contribution in [-0.2, 0) is 0 Å². The van der Waals surface area contributed by atoms with E-state index < -0.39 is 0 Å². The molecule has 23 heavy (non-hydrogen) atoms. The molecule has 0 saturated carbocycles. The molecule has 1 amide bonds. The molecule has 1 heterocycles. The lowest BCUT2D eigenvalue weighted by molar-refractivity contribution is 0.102. The van der Waals surface area contributed by atoms with Crippen LogP contribution in [0.25, 0.3) is 0 Å². The highest BCUT2D eigenvalue weighted by molar-refractivity contribution is 7.12. The fourth-order valence-electron chi connectivity index (χ4n) is 2.13. The van der Waals surface area contributed by atoms with Crippen LogP contribution >= 0.6 is 22.9 Å². The third-order valence-electron chi connectivity index (χ3n) is 3.27. The molecular weight excluding hydrogens is 330 g/mol. The van der Waals surface area contributed by atoms with Gasteiger partial charge in [-0.3, -0.25) is 9.59 Å². The Morgan fingerprint density at radius 3 is 2.35 bits per heavy atom. The summed E-state index contributed by atoms with van der Waals surface area (Å²) in [6, 6.07) is 17.2. The van der Waals surface area contributed by atoms with E-state index in [-0.39, 0.29) is 11.7 Å². The summed E-state index contributed by atoms with van der Waals surface area (Å²) >= 11 is 7.20. The van der Waals surface area contributed by atoms with Gasteiger partial charge in [-0.05, 0) is 47.8 Å². The SMILES string of the molecule is O=C(Nc1ccccc1C(=O)c1cccs1)c1ccc(Cl)cc1. The van der Waals surface area contributed by atoms with Crippen molar-refractivity contribution in [1.82, 2.24) is 0 Å². The number of anilines is 1. The molecule has 1 N–H and O–H groups in total. The van der Waals surface area contributed by atoms with E-state index in [1.165, 1.54) is 11.3 Å². The molecule has 0 fully saturated rings. The van der Waals surface area contributed by atoms with Gasteiger partial charge in [-0.2, -0.15) is 0 Å². The second-order valence-corrected chi connectivity index (χ2v) is 6.20. The smallest absolute Gasteiger partial charge is 0.255 e.